The van der Waals surface area contributed by atoms with E-state index in [4.69, 9.17) is 23.2 Å². The normalized spacial score (nSPS) is 10.5. The highest BCUT2D eigenvalue weighted by Gasteiger charge is 2.15. The van der Waals surface area contributed by atoms with Crippen molar-refractivity contribution in [2.75, 3.05) is 11.9 Å². The second-order valence-electron chi connectivity index (χ2n) is 6.69. The summed E-state index contributed by atoms with van der Waals surface area (Å²) in [4.78, 5) is 33.0. The highest BCUT2D eigenvalue weighted by molar-refractivity contribution is 7.98. The highest BCUT2D eigenvalue weighted by atomic mass is 35.5. The van der Waals surface area contributed by atoms with Crippen molar-refractivity contribution in [3.63, 3.8) is 0 Å². The van der Waals surface area contributed by atoms with Crippen molar-refractivity contribution in [2.24, 2.45) is 0 Å². The maximum atomic E-state index is 12.5. The van der Waals surface area contributed by atoms with E-state index >= 15 is 0 Å². The molecule has 0 fully saturated rings. The van der Waals surface area contributed by atoms with Crippen LogP contribution in [0.5, 0.6) is 0 Å². The Bertz CT molecular complexity index is 1080. The first kappa shape index (κ1) is 23.1. The Morgan fingerprint density at radius 3 is 2.61 bits per heavy atom. The summed E-state index contributed by atoms with van der Waals surface area (Å²) in [6.07, 6.45) is 1.50. The molecule has 3 rings (SSSR count). The predicted octanol–water partition coefficient (Wildman–Crippen LogP) is 5.14. The lowest BCUT2D eigenvalue weighted by Crippen LogP contribution is -2.28. The number of nitrogens with one attached hydrogen (secondary N) is 2. The van der Waals surface area contributed by atoms with Crippen molar-refractivity contribution in [3.05, 3.63) is 81.6 Å². The molecule has 0 aliphatic rings. The molecule has 1 heterocycles. The highest BCUT2D eigenvalue weighted by Crippen LogP contribution is 2.22. The Hall–Kier alpha value is -2.61. The van der Waals surface area contributed by atoms with Gasteiger partial charge in [0, 0.05) is 29.4 Å². The van der Waals surface area contributed by atoms with Crippen LogP contribution in [0.2, 0.25) is 10.0 Å². The van der Waals surface area contributed by atoms with Gasteiger partial charge in [0.15, 0.2) is 10.9 Å². The number of benzene rings is 2. The molecular formula is C22H20Cl2N4O2S. The number of anilines is 1. The van der Waals surface area contributed by atoms with Gasteiger partial charge in [0.05, 0.1) is 11.2 Å². The summed E-state index contributed by atoms with van der Waals surface area (Å²) in [6.45, 7) is 2.17. The summed E-state index contributed by atoms with van der Waals surface area (Å²) in [5.74, 6) is -0.0297. The van der Waals surface area contributed by atoms with Crippen molar-refractivity contribution in [2.45, 2.75) is 24.3 Å². The number of aryl methyl sites for hydroxylation is 1. The number of aromatic nitrogens is 2. The number of hydrogen-bond donors (Lipinski definition) is 2. The average Bonchev–Trinajstić information content (AvgIpc) is 2.74. The van der Waals surface area contributed by atoms with Crippen molar-refractivity contribution in [1.82, 2.24) is 15.3 Å². The molecule has 0 unspecified atom stereocenters. The Morgan fingerprint density at radius 1 is 1.10 bits per heavy atom. The zero-order valence-corrected chi connectivity index (χ0v) is 19.0. The van der Waals surface area contributed by atoms with E-state index in [0.29, 0.717) is 21.6 Å². The Balaban J connectivity index is 1.51. The number of carbonyl (C=O) groups is 2. The monoisotopic (exact) mass is 474 g/mol. The smallest absolute Gasteiger partial charge is 0.271 e. The quantitative estimate of drug-likeness (QED) is 0.348. The van der Waals surface area contributed by atoms with E-state index in [-0.39, 0.29) is 29.6 Å². The molecule has 0 saturated carbocycles. The molecule has 9 heteroatoms. The van der Waals surface area contributed by atoms with Gasteiger partial charge >= 0.3 is 0 Å². The van der Waals surface area contributed by atoms with Crippen LogP contribution in [0.25, 0.3) is 0 Å². The van der Waals surface area contributed by atoms with Gasteiger partial charge in [0.2, 0.25) is 5.91 Å². The van der Waals surface area contributed by atoms with Crippen LogP contribution in [0.4, 0.5) is 5.69 Å². The Labute approximate surface area is 194 Å². The molecule has 3 aromatic rings. The summed E-state index contributed by atoms with van der Waals surface area (Å²) in [6, 6.07) is 15.0. The molecule has 0 spiro atoms. The van der Waals surface area contributed by atoms with Gasteiger partial charge in [-0.25, -0.2) is 9.97 Å². The number of hydrogen-bond acceptors (Lipinski definition) is 5. The Kier molecular flexibility index (Phi) is 8.28. The first-order chi connectivity index (χ1) is 14.9. The number of halogens is 2. The van der Waals surface area contributed by atoms with Crippen LogP contribution in [-0.2, 0) is 10.5 Å². The lowest BCUT2D eigenvalue weighted by Gasteiger charge is -2.08. The molecule has 160 valence electrons. The molecule has 2 N–H and O–H groups in total. The second-order valence-corrected chi connectivity index (χ2v) is 8.47. The van der Waals surface area contributed by atoms with Gasteiger partial charge in [-0.05, 0) is 30.7 Å². The minimum Gasteiger partial charge on any atom is -0.350 e. The third-order valence-electron chi connectivity index (χ3n) is 4.17. The molecular weight excluding hydrogens is 455 g/mol. The zero-order valence-electron chi connectivity index (χ0n) is 16.7. The molecule has 0 saturated heterocycles. The topological polar surface area (TPSA) is 84.0 Å². The first-order valence-corrected chi connectivity index (χ1v) is 11.2. The third-order valence-corrected chi connectivity index (χ3v) is 5.62. The third kappa shape index (κ3) is 7.24. The largest absolute Gasteiger partial charge is 0.350 e. The van der Waals surface area contributed by atoms with E-state index in [9.17, 15) is 9.59 Å². The molecule has 0 atom stereocenters. The molecule has 6 nitrogen and oxygen atoms in total. The first-order valence-electron chi connectivity index (χ1n) is 9.45. The minimum absolute atomic E-state index is 0.0818. The standard InChI is InChI=1S/C22H20Cl2N4O2S/c1-14-5-7-15(8-6-14)13-31-22-26-12-18(24)20(28-22)21(30)25-10-9-19(29)27-17-4-2-3-16(23)11-17/h2-8,11-12H,9-10,13H2,1H3,(H,25,30)(H,27,29). The van der Waals surface area contributed by atoms with Crippen LogP contribution >= 0.6 is 35.0 Å². The fourth-order valence-electron chi connectivity index (χ4n) is 2.57. The number of carbonyl (C=O) groups excluding carboxylic acids is 2. The average molecular weight is 475 g/mol. The maximum Gasteiger partial charge on any atom is 0.271 e. The van der Waals surface area contributed by atoms with E-state index in [1.165, 1.54) is 23.5 Å². The van der Waals surface area contributed by atoms with Crippen LogP contribution in [0.1, 0.15) is 28.0 Å². The maximum absolute atomic E-state index is 12.5. The van der Waals surface area contributed by atoms with Crippen molar-refractivity contribution in [1.29, 1.82) is 0 Å². The molecule has 1 aromatic heterocycles. The number of amides is 2. The number of rotatable bonds is 8. The predicted molar refractivity (Wildman–Crippen MR) is 125 cm³/mol. The van der Waals surface area contributed by atoms with Gasteiger partial charge < -0.3 is 10.6 Å². The second kappa shape index (κ2) is 11.1. The van der Waals surface area contributed by atoms with E-state index in [0.717, 1.165) is 5.56 Å². The van der Waals surface area contributed by atoms with E-state index in [1.54, 1.807) is 24.3 Å². The van der Waals surface area contributed by atoms with Crippen molar-refractivity contribution < 1.29 is 9.59 Å². The number of thioether (sulfide) groups is 1. The fourth-order valence-corrected chi connectivity index (χ4v) is 3.71. The van der Waals surface area contributed by atoms with Gasteiger partial charge in [-0.15, -0.1) is 0 Å². The van der Waals surface area contributed by atoms with E-state index in [2.05, 4.69) is 20.6 Å². The van der Waals surface area contributed by atoms with Crippen LogP contribution in [0.3, 0.4) is 0 Å². The summed E-state index contributed by atoms with van der Waals surface area (Å²) >= 11 is 13.4. The van der Waals surface area contributed by atoms with E-state index < -0.39 is 5.91 Å². The molecule has 2 aromatic carbocycles. The lowest BCUT2D eigenvalue weighted by atomic mass is 10.2. The summed E-state index contributed by atoms with van der Waals surface area (Å²) in [5.41, 5.74) is 3.00. The molecule has 0 aliphatic carbocycles. The molecule has 2 amide bonds. The van der Waals surface area contributed by atoms with Crippen LogP contribution in [-0.4, -0.2) is 28.3 Å². The van der Waals surface area contributed by atoms with Gasteiger partial charge in [-0.1, -0.05) is 70.9 Å². The molecule has 31 heavy (non-hydrogen) atoms. The van der Waals surface area contributed by atoms with E-state index in [1.807, 2.05) is 31.2 Å². The fraction of sp³-hybridized carbons (Fsp3) is 0.182. The summed E-state index contributed by atoms with van der Waals surface area (Å²) in [7, 11) is 0. The van der Waals surface area contributed by atoms with Gasteiger partial charge in [0.25, 0.3) is 5.91 Å². The zero-order chi connectivity index (χ0) is 22.2. The van der Waals surface area contributed by atoms with Crippen LogP contribution < -0.4 is 10.6 Å². The van der Waals surface area contributed by atoms with Crippen LogP contribution in [0.15, 0.2) is 59.9 Å². The minimum atomic E-state index is -0.458. The van der Waals surface area contributed by atoms with Crippen molar-refractivity contribution in [3.8, 4) is 0 Å². The van der Waals surface area contributed by atoms with Crippen LogP contribution in [0, 0.1) is 6.92 Å². The molecule has 0 aliphatic heterocycles. The lowest BCUT2D eigenvalue weighted by molar-refractivity contribution is -0.116. The van der Waals surface area contributed by atoms with Gasteiger partial charge in [-0.3, -0.25) is 9.59 Å². The van der Waals surface area contributed by atoms with Gasteiger partial charge in [0.1, 0.15) is 0 Å². The Morgan fingerprint density at radius 2 is 1.87 bits per heavy atom. The SMILES string of the molecule is Cc1ccc(CSc2ncc(Cl)c(C(=O)NCCC(=O)Nc3cccc(Cl)c3)n2)cc1. The molecule has 0 bridgehead atoms. The summed E-state index contributed by atoms with van der Waals surface area (Å²) in [5, 5.41) is 6.52. The van der Waals surface area contributed by atoms with Gasteiger partial charge in [-0.2, -0.15) is 0 Å². The molecule has 0 radical (unpaired) electrons. The number of nitrogens with zero attached hydrogens (tertiary/aromatic N) is 2. The van der Waals surface area contributed by atoms with Crippen molar-refractivity contribution >= 4 is 52.5 Å². The summed E-state index contributed by atoms with van der Waals surface area (Å²) < 4.78 is 0.